The van der Waals surface area contributed by atoms with Crippen LogP contribution in [-0.2, 0) is 6.54 Å². The van der Waals surface area contributed by atoms with Crippen molar-refractivity contribution in [2.24, 2.45) is 0 Å². The number of fused-ring (bicyclic) bond motifs is 3. The van der Waals surface area contributed by atoms with Gasteiger partial charge in [-0.1, -0.05) is 12.1 Å². The van der Waals surface area contributed by atoms with Crippen molar-refractivity contribution in [3.8, 4) is 16.9 Å². The number of aliphatic hydroxyl groups excluding tert-OH is 1. The molecule has 0 saturated carbocycles. The van der Waals surface area contributed by atoms with Crippen molar-refractivity contribution in [1.29, 1.82) is 0 Å². The quantitative estimate of drug-likeness (QED) is 0.591. The van der Waals surface area contributed by atoms with Gasteiger partial charge in [0.15, 0.2) is 0 Å². The van der Waals surface area contributed by atoms with Crippen molar-refractivity contribution in [1.82, 2.24) is 4.57 Å². The van der Waals surface area contributed by atoms with Gasteiger partial charge in [0.05, 0.1) is 19.2 Å². The lowest BCUT2D eigenvalue weighted by Gasteiger charge is -2.17. The molecule has 2 heterocycles. The zero-order valence-corrected chi connectivity index (χ0v) is 14.8. The minimum absolute atomic E-state index is 0.132. The first-order valence-electron chi connectivity index (χ1n) is 8.13. The standard InChI is InChI=1S/C20H16FNO3S/c1-25-16-6-5-15-18(17(16)12-3-2-4-13(21)11-12)14-7-10-26-19(14)20(24)22(15)8-9-23/h2-7,10-11,23H,8-9H2,1H3. The van der Waals surface area contributed by atoms with Crippen LogP contribution >= 0.6 is 11.3 Å². The number of rotatable bonds is 4. The number of aromatic nitrogens is 1. The number of hydrogen-bond donors (Lipinski definition) is 1. The van der Waals surface area contributed by atoms with Gasteiger partial charge in [0.1, 0.15) is 16.3 Å². The maximum atomic E-state index is 13.9. The van der Waals surface area contributed by atoms with Gasteiger partial charge in [-0.2, -0.15) is 0 Å². The molecule has 26 heavy (non-hydrogen) atoms. The predicted molar refractivity (Wildman–Crippen MR) is 103 cm³/mol. The molecule has 0 atom stereocenters. The van der Waals surface area contributed by atoms with Crippen LogP contribution in [0.2, 0.25) is 0 Å². The Labute approximate surface area is 152 Å². The molecule has 0 aliphatic rings. The number of pyridine rings is 1. The largest absolute Gasteiger partial charge is 0.496 e. The lowest BCUT2D eigenvalue weighted by atomic mass is 9.97. The smallest absolute Gasteiger partial charge is 0.269 e. The molecule has 4 rings (SSSR count). The fraction of sp³-hybridized carbons (Fsp3) is 0.150. The van der Waals surface area contributed by atoms with Crippen LogP contribution in [0.3, 0.4) is 0 Å². The van der Waals surface area contributed by atoms with E-state index in [2.05, 4.69) is 0 Å². The van der Waals surface area contributed by atoms with Gasteiger partial charge in [0.2, 0.25) is 0 Å². The van der Waals surface area contributed by atoms with Crippen molar-refractivity contribution >= 4 is 32.3 Å². The molecule has 0 spiro atoms. The lowest BCUT2D eigenvalue weighted by Crippen LogP contribution is -2.22. The van der Waals surface area contributed by atoms with Crippen LogP contribution in [0.4, 0.5) is 4.39 Å². The van der Waals surface area contributed by atoms with Crippen LogP contribution < -0.4 is 10.3 Å². The summed E-state index contributed by atoms with van der Waals surface area (Å²) in [6.07, 6.45) is 0. The molecule has 132 valence electrons. The van der Waals surface area contributed by atoms with Gasteiger partial charge >= 0.3 is 0 Å². The second-order valence-corrected chi connectivity index (χ2v) is 6.81. The zero-order valence-electron chi connectivity index (χ0n) is 14.0. The third kappa shape index (κ3) is 2.50. The van der Waals surface area contributed by atoms with E-state index in [9.17, 15) is 14.3 Å². The fourth-order valence-corrected chi connectivity index (χ4v) is 4.24. The van der Waals surface area contributed by atoms with Gasteiger partial charge in [-0.05, 0) is 41.3 Å². The van der Waals surface area contributed by atoms with Crippen LogP contribution in [0.25, 0.3) is 32.1 Å². The molecule has 0 bridgehead atoms. The topological polar surface area (TPSA) is 51.5 Å². The predicted octanol–water partition coefficient (Wildman–Crippen LogP) is 4.02. The van der Waals surface area contributed by atoms with E-state index in [0.29, 0.717) is 21.5 Å². The van der Waals surface area contributed by atoms with Gasteiger partial charge in [-0.25, -0.2) is 4.39 Å². The molecular formula is C20H16FNO3S. The average Bonchev–Trinajstić information content (AvgIpc) is 3.14. The SMILES string of the molecule is COc1ccc2c(c1-c1cccc(F)c1)c1ccsc1c(=O)n2CCO. The Kier molecular flexibility index (Phi) is 4.22. The maximum absolute atomic E-state index is 13.9. The van der Waals surface area contributed by atoms with E-state index in [-0.39, 0.29) is 24.5 Å². The second-order valence-electron chi connectivity index (χ2n) is 5.89. The van der Waals surface area contributed by atoms with Gasteiger partial charge < -0.3 is 14.4 Å². The highest BCUT2D eigenvalue weighted by atomic mass is 32.1. The third-order valence-electron chi connectivity index (χ3n) is 4.47. The summed E-state index contributed by atoms with van der Waals surface area (Å²) in [5, 5.41) is 12.9. The number of benzene rings is 2. The first-order valence-corrected chi connectivity index (χ1v) is 9.01. The van der Waals surface area contributed by atoms with Gasteiger partial charge in [0.25, 0.3) is 5.56 Å². The Bertz CT molecular complexity index is 1180. The monoisotopic (exact) mass is 369 g/mol. The molecule has 0 aliphatic heterocycles. The Morgan fingerprint density at radius 3 is 2.81 bits per heavy atom. The number of aliphatic hydroxyl groups is 1. The number of hydrogen-bond acceptors (Lipinski definition) is 4. The van der Waals surface area contributed by atoms with Crippen LogP contribution in [0, 0.1) is 5.82 Å². The average molecular weight is 369 g/mol. The lowest BCUT2D eigenvalue weighted by molar-refractivity contribution is 0.276. The molecule has 0 amide bonds. The summed E-state index contributed by atoms with van der Waals surface area (Å²) in [5.74, 6) is 0.261. The first kappa shape index (κ1) is 16.8. The minimum Gasteiger partial charge on any atom is -0.496 e. The molecule has 4 nitrogen and oxygen atoms in total. The van der Waals surface area contributed by atoms with Crippen LogP contribution in [0.1, 0.15) is 0 Å². The molecule has 2 aromatic heterocycles. The molecule has 0 radical (unpaired) electrons. The Hall–Kier alpha value is -2.70. The highest BCUT2D eigenvalue weighted by Gasteiger charge is 2.19. The Morgan fingerprint density at radius 2 is 2.08 bits per heavy atom. The number of halogens is 1. The summed E-state index contributed by atoms with van der Waals surface area (Å²) in [6.45, 7) is 0.0469. The summed E-state index contributed by atoms with van der Waals surface area (Å²) in [7, 11) is 1.57. The first-order chi connectivity index (χ1) is 12.7. The van der Waals surface area contributed by atoms with Gasteiger partial charge in [-0.3, -0.25) is 4.79 Å². The van der Waals surface area contributed by atoms with Crippen molar-refractivity contribution in [2.45, 2.75) is 6.54 Å². The van der Waals surface area contributed by atoms with E-state index in [1.165, 1.54) is 23.5 Å². The number of methoxy groups -OCH3 is 1. The highest BCUT2D eigenvalue weighted by Crippen LogP contribution is 2.40. The summed E-state index contributed by atoms with van der Waals surface area (Å²) >= 11 is 1.36. The fourth-order valence-electron chi connectivity index (χ4n) is 3.40. The molecule has 1 N–H and O–H groups in total. The molecule has 6 heteroatoms. The number of ether oxygens (including phenoxy) is 1. The highest BCUT2D eigenvalue weighted by molar-refractivity contribution is 7.17. The van der Waals surface area contributed by atoms with E-state index in [1.54, 1.807) is 23.8 Å². The summed E-state index contributed by atoms with van der Waals surface area (Å²) in [4.78, 5) is 12.8. The van der Waals surface area contributed by atoms with Crippen molar-refractivity contribution < 1.29 is 14.2 Å². The molecule has 0 fully saturated rings. The normalized spacial score (nSPS) is 11.3. The molecule has 2 aromatic carbocycles. The van der Waals surface area contributed by atoms with Crippen LogP contribution in [0.15, 0.2) is 52.6 Å². The van der Waals surface area contributed by atoms with E-state index >= 15 is 0 Å². The van der Waals surface area contributed by atoms with Crippen molar-refractivity contribution in [2.75, 3.05) is 13.7 Å². The molecule has 0 aliphatic carbocycles. The van der Waals surface area contributed by atoms with Crippen LogP contribution in [-0.4, -0.2) is 23.4 Å². The van der Waals surface area contributed by atoms with Crippen LogP contribution in [0.5, 0.6) is 5.75 Å². The molecule has 0 saturated heterocycles. The maximum Gasteiger partial charge on any atom is 0.269 e. The van der Waals surface area contributed by atoms with E-state index < -0.39 is 0 Å². The van der Waals surface area contributed by atoms with Crippen molar-refractivity contribution in [3.63, 3.8) is 0 Å². The minimum atomic E-state index is -0.341. The van der Waals surface area contributed by atoms with E-state index in [4.69, 9.17) is 4.74 Å². The molecule has 4 aromatic rings. The van der Waals surface area contributed by atoms with Gasteiger partial charge in [-0.15, -0.1) is 11.3 Å². The molecular weight excluding hydrogens is 353 g/mol. The van der Waals surface area contributed by atoms with E-state index in [0.717, 1.165) is 16.3 Å². The second kappa shape index (κ2) is 6.55. The molecule has 0 unspecified atom stereocenters. The van der Waals surface area contributed by atoms with Crippen molar-refractivity contribution in [3.05, 3.63) is 64.0 Å². The Morgan fingerprint density at radius 1 is 1.23 bits per heavy atom. The zero-order chi connectivity index (χ0) is 18.3. The summed E-state index contributed by atoms with van der Waals surface area (Å²) < 4.78 is 21.6. The number of thiophene rings is 1. The third-order valence-corrected chi connectivity index (χ3v) is 5.37. The number of nitrogens with zero attached hydrogens (tertiary/aromatic N) is 1. The summed E-state index contributed by atoms with van der Waals surface area (Å²) in [5.41, 5.74) is 1.97. The Balaban J connectivity index is 2.24. The van der Waals surface area contributed by atoms with E-state index in [1.807, 2.05) is 23.6 Å². The van der Waals surface area contributed by atoms with Gasteiger partial charge in [0, 0.05) is 22.9 Å². The summed E-state index contributed by atoms with van der Waals surface area (Å²) in [6, 6.07) is 11.8.